The summed E-state index contributed by atoms with van der Waals surface area (Å²) < 4.78 is 32.6. The lowest BCUT2D eigenvalue weighted by Gasteiger charge is -2.20. The normalized spacial score (nSPS) is 14.3. The minimum atomic E-state index is -4.73. The van der Waals surface area contributed by atoms with Gasteiger partial charge in [0.05, 0.1) is 13.2 Å². The van der Waals surface area contributed by atoms with E-state index in [0.29, 0.717) is 19.3 Å². The van der Waals surface area contributed by atoms with Crippen molar-refractivity contribution >= 4 is 25.7 Å². The van der Waals surface area contributed by atoms with Gasteiger partial charge in [0.25, 0.3) is 0 Å². The first kappa shape index (κ1) is 52.4. The molecule has 0 bridgehead atoms. The number of unbranched alkanes of at least 4 members (excludes halogenated alkanes) is 16. The first-order chi connectivity index (χ1) is 26.6. The van der Waals surface area contributed by atoms with Gasteiger partial charge < -0.3 is 30.3 Å². The molecule has 0 aromatic rings. The van der Waals surface area contributed by atoms with E-state index in [2.05, 4.69) is 47.9 Å². The highest BCUT2D eigenvalue weighted by Crippen LogP contribution is 2.43. The van der Waals surface area contributed by atoms with Crippen LogP contribution in [0.4, 0.5) is 0 Å². The molecule has 1 unspecified atom stereocenters. The summed E-state index contributed by atoms with van der Waals surface area (Å²) in [5.41, 5.74) is 5.32. The van der Waals surface area contributed by atoms with Gasteiger partial charge in [-0.25, -0.2) is 4.57 Å². The molecular weight excluding hydrogens is 725 g/mol. The van der Waals surface area contributed by atoms with Crippen molar-refractivity contribution in [1.29, 1.82) is 0 Å². The fourth-order valence-electron chi connectivity index (χ4n) is 5.33. The fourth-order valence-corrected chi connectivity index (χ4v) is 6.11. The third kappa shape index (κ3) is 38.1. The molecule has 0 radical (unpaired) electrons. The van der Waals surface area contributed by atoms with E-state index < -0.39 is 51.1 Å². The van der Waals surface area contributed by atoms with Crippen molar-refractivity contribution in [3.8, 4) is 0 Å². The summed E-state index contributed by atoms with van der Waals surface area (Å²) in [7, 11) is -4.73. The van der Waals surface area contributed by atoms with Crippen LogP contribution >= 0.6 is 7.82 Å². The Morgan fingerprint density at radius 1 is 0.600 bits per heavy atom. The molecular formula is C42H74NO11P. The van der Waals surface area contributed by atoms with Crippen molar-refractivity contribution < 1.29 is 52.6 Å². The maximum atomic E-state index is 12.6. The van der Waals surface area contributed by atoms with Crippen molar-refractivity contribution in [2.24, 2.45) is 5.73 Å². The number of ether oxygens (including phenoxy) is 2. The van der Waals surface area contributed by atoms with Crippen LogP contribution in [0.1, 0.15) is 161 Å². The largest absolute Gasteiger partial charge is 0.480 e. The van der Waals surface area contributed by atoms with Crippen LogP contribution in [0.25, 0.3) is 0 Å². The number of carboxylic acids is 1. The van der Waals surface area contributed by atoms with E-state index in [4.69, 9.17) is 29.9 Å². The average molecular weight is 800 g/mol. The molecule has 55 heavy (non-hydrogen) atoms. The van der Waals surface area contributed by atoms with Gasteiger partial charge in [-0.3, -0.25) is 23.4 Å². The van der Waals surface area contributed by atoms with Gasteiger partial charge in [0.1, 0.15) is 12.6 Å². The maximum Gasteiger partial charge on any atom is 0.472 e. The number of aliphatic hydroxyl groups is 1. The van der Waals surface area contributed by atoms with Gasteiger partial charge in [-0.1, -0.05) is 139 Å². The maximum absolute atomic E-state index is 12.6. The smallest absolute Gasteiger partial charge is 0.472 e. The van der Waals surface area contributed by atoms with E-state index in [1.54, 1.807) is 0 Å². The molecule has 0 fully saturated rings. The quantitative estimate of drug-likeness (QED) is 0.0200. The third-order valence-electron chi connectivity index (χ3n) is 8.63. The van der Waals surface area contributed by atoms with E-state index in [1.165, 1.54) is 57.8 Å². The number of carboxylic acid groups (broad SMARTS) is 1. The molecule has 3 atom stereocenters. The Morgan fingerprint density at radius 2 is 1.05 bits per heavy atom. The van der Waals surface area contributed by atoms with Crippen LogP contribution in [0.2, 0.25) is 0 Å². The molecule has 5 N–H and O–H groups in total. The van der Waals surface area contributed by atoms with Crippen LogP contribution in [-0.4, -0.2) is 71.6 Å². The Kier molecular flexibility index (Phi) is 36.5. The van der Waals surface area contributed by atoms with Crippen LogP contribution in [-0.2, 0) is 37.5 Å². The number of aliphatic carboxylic acids is 1. The predicted molar refractivity (Wildman–Crippen MR) is 218 cm³/mol. The topological polar surface area (TPSA) is 192 Å². The molecule has 13 heteroatoms. The second-order valence-corrected chi connectivity index (χ2v) is 15.3. The number of aliphatic hydroxyl groups excluding tert-OH is 1. The number of rotatable bonds is 39. The van der Waals surface area contributed by atoms with Crippen molar-refractivity contribution in [2.45, 2.75) is 173 Å². The summed E-state index contributed by atoms with van der Waals surface area (Å²) in [6.07, 6.45) is 39.1. The van der Waals surface area contributed by atoms with Gasteiger partial charge in [-0.2, -0.15) is 0 Å². The van der Waals surface area contributed by atoms with E-state index in [0.717, 1.165) is 64.2 Å². The summed E-state index contributed by atoms with van der Waals surface area (Å²) in [5.74, 6) is -2.47. The first-order valence-electron chi connectivity index (χ1n) is 20.8. The fraction of sp³-hybridized carbons (Fsp3) is 0.738. The predicted octanol–water partition coefficient (Wildman–Crippen LogP) is 9.59. The molecule has 0 aliphatic heterocycles. The summed E-state index contributed by atoms with van der Waals surface area (Å²) in [6.45, 7) is 0.740. The summed E-state index contributed by atoms with van der Waals surface area (Å²) in [4.78, 5) is 45.8. The van der Waals surface area contributed by atoms with Crippen LogP contribution in [0.3, 0.4) is 0 Å². The van der Waals surface area contributed by atoms with E-state index >= 15 is 0 Å². The molecule has 0 aliphatic carbocycles. The lowest BCUT2D eigenvalue weighted by atomic mass is 10.0. The van der Waals surface area contributed by atoms with E-state index in [9.17, 15) is 23.8 Å². The molecule has 0 saturated carbocycles. The van der Waals surface area contributed by atoms with Gasteiger partial charge in [-0.15, -0.1) is 0 Å². The molecule has 0 aromatic carbocycles. The third-order valence-corrected chi connectivity index (χ3v) is 9.59. The minimum Gasteiger partial charge on any atom is -0.480 e. The molecule has 0 aliphatic rings. The average Bonchev–Trinajstić information content (AvgIpc) is 3.16. The van der Waals surface area contributed by atoms with Gasteiger partial charge >= 0.3 is 25.7 Å². The number of hydrogen-bond donors (Lipinski definition) is 4. The van der Waals surface area contributed by atoms with Crippen LogP contribution in [0, 0.1) is 0 Å². The van der Waals surface area contributed by atoms with E-state index in [1.807, 2.05) is 12.2 Å². The highest BCUT2D eigenvalue weighted by Gasteiger charge is 2.28. The molecule has 0 rings (SSSR count). The Balaban J connectivity index is 4.49. The van der Waals surface area contributed by atoms with Gasteiger partial charge in [0, 0.05) is 19.4 Å². The summed E-state index contributed by atoms with van der Waals surface area (Å²) >= 11 is 0. The zero-order valence-corrected chi connectivity index (χ0v) is 34.6. The van der Waals surface area contributed by atoms with Gasteiger partial charge in [-0.05, 0) is 57.8 Å². The molecule has 0 saturated heterocycles. The van der Waals surface area contributed by atoms with Gasteiger partial charge in [0.15, 0.2) is 6.10 Å². The summed E-state index contributed by atoms with van der Waals surface area (Å²) in [5, 5.41) is 17.7. The van der Waals surface area contributed by atoms with Gasteiger partial charge in [0.2, 0.25) is 0 Å². The van der Waals surface area contributed by atoms with Crippen LogP contribution < -0.4 is 5.73 Å². The lowest BCUT2D eigenvalue weighted by molar-refractivity contribution is -0.161. The molecule has 12 nitrogen and oxygen atoms in total. The molecule has 0 spiro atoms. The van der Waals surface area contributed by atoms with Crippen molar-refractivity contribution in [3.63, 3.8) is 0 Å². The number of carbonyl (C=O) groups is 3. The standard InChI is InChI=1S/C42H74NO11P/c1-2-3-4-5-6-7-8-14-17-20-23-26-29-32-40(45)51-35-38(36-52-55(49,50)53-37-39(43)42(47)48)54-41(46)33-30-27-24-21-18-15-12-10-9-11-13-16-19-22-25-28-31-34-44/h9,11-12,15-16,19,21,24,38-39,44H,2-8,10,13-14,17-18,20,22-23,25-37,43H2,1H3,(H,47,48)(H,49,50)/b11-9-,15-12-,19-16-,24-21-/t38-,39+/m1/s1. The molecule has 318 valence electrons. The second kappa shape index (κ2) is 38.3. The first-order valence-corrected chi connectivity index (χ1v) is 22.3. The SMILES string of the molecule is CCCCCCCCCCCCCCCC(=O)OC[C@H](COP(=O)(O)OC[C@H](N)C(=O)O)OC(=O)CCC/C=C\C/C=C\C/C=C\C/C=C\CCCCCO. The molecule has 0 amide bonds. The highest BCUT2D eigenvalue weighted by atomic mass is 31.2. The van der Waals surface area contributed by atoms with Crippen molar-refractivity contribution in [1.82, 2.24) is 0 Å². The molecule has 0 heterocycles. The lowest BCUT2D eigenvalue weighted by Crippen LogP contribution is -2.34. The number of allylic oxidation sites excluding steroid dienone is 8. The number of hydrogen-bond acceptors (Lipinski definition) is 10. The zero-order chi connectivity index (χ0) is 40.7. The number of phosphoric ester groups is 1. The van der Waals surface area contributed by atoms with E-state index in [-0.39, 0.29) is 26.1 Å². The minimum absolute atomic E-state index is 0.0756. The summed E-state index contributed by atoms with van der Waals surface area (Å²) in [6, 6.07) is -1.53. The Morgan fingerprint density at radius 3 is 1.58 bits per heavy atom. The Labute approximate surface area is 331 Å². The Hall–Kier alpha value is -2.60. The number of nitrogens with two attached hydrogens (primary N) is 1. The monoisotopic (exact) mass is 799 g/mol. The highest BCUT2D eigenvalue weighted by molar-refractivity contribution is 7.47. The Bertz CT molecular complexity index is 1120. The van der Waals surface area contributed by atoms with Crippen LogP contribution in [0.5, 0.6) is 0 Å². The van der Waals surface area contributed by atoms with Crippen molar-refractivity contribution in [3.05, 3.63) is 48.6 Å². The van der Waals surface area contributed by atoms with Crippen molar-refractivity contribution in [2.75, 3.05) is 26.4 Å². The number of phosphoric acid groups is 1. The number of esters is 2. The van der Waals surface area contributed by atoms with Crippen LogP contribution in [0.15, 0.2) is 48.6 Å². The molecule has 0 aromatic heterocycles. The zero-order valence-electron chi connectivity index (χ0n) is 33.7. The number of carbonyl (C=O) groups excluding carboxylic acids is 2. The second-order valence-electron chi connectivity index (χ2n) is 13.9.